The van der Waals surface area contributed by atoms with Crippen molar-refractivity contribution in [2.45, 2.75) is 20.1 Å². The van der Waals surface area contributed by atoms with Crippen molar-refractivity contribution in [1.82, 2.24) is 5.32 Å². The van der Waals surface area contributed by atoms with Crippen molar-refractivity contribution in [2.24, 2.45) is 0 Å². The van der Waals surface area contributed by atoms with E-state index in [0.717, 1.165) is 12.1 Å². The van der Waals surface area contributed by atoms with Gasteiger partial charge in [-0.05, 0) is 52.3 Å². The predicted octanol–water partition coefficient (Wildman–Crippen LogP) is 4.42. The summed E-state index contributed by atoms with van der Waals surface area (Å²) in [5, 5.41) is 3.18. The highest BCUT2D eigenvalue weighted by molar-refractivity contribution is 9.10. The summed E-state index contributed by atoms with van der Waals surface area (Å²) in [4.78, 5) is 0. The monoisotopic (exact) mass is 355 g/mol. The number of ether oxygens (including phenoxy) is 1. The number of hydrogen-bond acceptors (Lipinski definition) is 2. The fourth-order valence-corrected chi connectivity index (χ4v) is 2.09. The fraction of sp³-hybridized carbons (Fsp3) is 0.250. The molecular formula is C16H16BrF2NO. The van der Waals surface area contributed by atoms with E-state index in [2.05, 4.69) is 21.2 Å². The molecule has 0 aliphatic heterocycles. The van der Waals surface area contributed by atoms with Crippen molar-refractivity contribution in [3.8, 4) is 5.75 Å². The Bertz CT molecular complexity index is 619. The van der Waals surface area contributed by atoms with Crippen LogP contribution in [0.2, 0.25) is 0 Å². The minimum Gasteiger partial charge on any atom is -0.489 e. The minimum absolute atomic E-state index is 0.0624. The molecule has 2 aromatic rings. The Balaban J connectivity index is 2.06. The van der Waals surface area contributed by atoms with Gasteiger partial charge < -0.3 is 10.1 Å². The van der Waals surface area contributed by atoms with Gasteiger partial charge in [0.15, 0.2) is 0 Å². The zero-order valence-electron chi connectivity index (χ0n) is 11.6. The van der Waals surface area contributed by atoms with Crippen LogP contribution in [0.3, 0.4) is 0 Å². The molecule has 0 heterocycles. The molecule has 0 fully saturated rings. The number of nitrogens with one attached hydrogen (secondary N) is 1. The van der Waals surface area contributed by atoms with Crippen LogP contribution in [0, 0.1) is 11.6 Å². The molecule has 0 radical (unpaired) electrons. The molecular weight excluding hydrogens is 340 g/mol. The third-order valence-electron chi connectivity index (χ3n) is 2.97. The molecule has 0 spiro atoms. The first-order valence-corrected chi connectivity index (χ1v) is 7.45. The van der Waals surface area contributed by atoms with E-state index in [1.165, 1.54) is 12.1 Å². The van der Waals surface area contributed by atoms with Crippen LogP contribution < -0.4 is 10.1 Å². The number of hydrogen-bond donors (Lipinski definition) is 1. The second-order valence-corrected chi connectivity index (χ2v) is 5.43. The Morgan fingerprint density at radius 2 is 1.90 bits per heavy atom. The molecule has 0 bridgehead atoms. The van der Waals surface area contributed by atoms with Gasteiger partial charge in [-0.2, -0.15) is 0 Å². The van der Waals surface area contributed by atoms with E-state index in [4.69, 9.17) is 4.74 Å². The third-order valence-corrected chi connectivity index (χ3v) is 3.62. The molecule has 0 saturated heterocycles. The molecule has 1 N–H and O–H groups in total. The average Bonchev–Trinajstić information content (AvgIpc) is 2.48. The number of benzene rings is 2. The van der Waals surface area contributed by atoms with Crippen LogP contribution in [-0.4, -0.2) is 6.54 Å². The summed E-state index contributed by atoms with van der Waals surface area (Å²) in [6.45, 7) is 3.60. The summed E-state index contributed by atoms with van der Waals surface area (Å²) < 4.78 is 33.0. The highest BCUT2D eigenvalue weighted by atomic mass is 79.9. The van der Waals surface area contributed by atoms with Gasteiger partial charge in [0.2, 0.25) is 0 Å². The van der Waals surface area contributed by atoms with Crippen LogP contribution in [0.25, 0.3) is 0 Å². The smallest absolute Gasteiger partial charge is 0.141 e. The molecule has 112 valence electrons. The fourth-order valence-electron chi connectivity index (χ4n) is 1.85. The Labute approximate surface area is 131 Å². The largest absolute Gasteiger partial charge is 0.489 e. The minimum atomic E-state index is -0.408. The lowest BCUT2D eigenvalue weighted by Crippen LogP contribution is -2.12. The zero-order valence-corrected chi connectivity index (χ0v) is 13.2. The van der Waals surface area contributed by atoms with Crippen LogP contribution in [0.5, 0.6) is 5.75 Å². The van der Waals surface area contributed by atoms with Gasteiger partial charge in [-0.15, -0.1) is 0 Å². The topological polar surface area (TPSA) is 21.3 Å². The summed E-state index contributed by atoms with van der Waals surface area (Å²) >= 11 is 3.07. The summed E-state index contributed by atoms with van der Waals surface area (Å²) in [6.07, 6.45) is 0. The summed E-state index contributed by atoms with van der Waals surface area (Å²) in [5.74, 6) is -0.367. The first-order chi connectivity index (χ1) is 10.1. The molecule has 21 heavy (non-hydrogen) atoms. The van der Waals surface area contributed by atoms with E-state index in [-0.39, 0.29) is 12.4 Å². The lowest BCUT2D eigenvalue weighted by molar-refractivity contribution is 0.298. The second kappa shape index (κ2) is 7.52. The maximum Gasteiger partial charge on any atom is 0.141 e. The van der Waals surface area contributed by atoms with Crippen molar-refractivity contribution in [2.75, 3.05) is 6.54 Å². The molecule has 0 saturated carbocycles. The quantitative estimate of drug-likeness (QED) is 0.828. The molecule has 0 aliphatic carbocycles. The van der Waals surface area contributed by atoms with Gasteiger partial charge in [-0.3, -0.25) is 0 Å². The molecule has 2 rings (SSSR count). The van der Waals surface area contributed by atoms with Crippen molar-refractivity contribution < 1.29 is 13.5 Å². The Morgan fingerprint density at radius 3 is 2.62 bits per heavy atom. The summed E-state index contributed by atoms with van der Waals surface area (Å²) in [7, 11) is 0. The Morgan fingerprint density at radius 1 is 1.10 bits per heavy atom. The van der Waals surface area contributed by atoms with Crippen LogP contribution in [0.4, 0.5) is 8.78 Å². The average molecular weight is 356 g/mol. The molecule has 5 heteroatoms. The van der Waals surface area contributed by atoms with Gasteiger partial charge in [-0.1, -0.05) is 13.0 Å². The molecule has 0 atom stereocenters. The highest BCUT2D eigenvalue weighted by Gasteiger charge is 2.06. The molecule has 0 amide bonds. The highest BCUT2D eigenvalue weighted by Crippen LogP contribution is 2.22. The van der Waals surface area contributed by atoms with Crippen LogP contribution in [0.1, 0.15) is 18.1 Å². The summed E-state index contributed by atoms with van der Waals surface area (Å²) in [5.41, 5.74) is 1.44. The van der Waals surface area contributed by atoms with Crippen LogP contribution in [0.15, 0.2) is 40.9 Å². The SMILES string of the molecule is CCNCc1ccc(F)c(COc2ccc(Br)c(F)c2)c1. The van der Waals surface area contributed by atoms with Gasteiger partial charge in [0.1, 0.15) is 24.0 Å². The molecule has 2 nitrogen and oxygen atoms in total. The molecule has 0 aromatic heterocycles. The van der Waals surface area contributed by atoms with Gasteiger partial charge in [-0.25, -0.2) is 8.78 Å². The molecule has 0 aliphatic rings. The normalized spacial score (nSPS) is 10.7. The van der Waals surface area contributed by atoms with Gasteiger partial charge in [0.05, 0.1) is 4.47 Å². The van der Waals surface area contributed by atoms with E-state index in [9.17, 15) is 8.78 Å². The van der Waals surface area contributed by atoms with Gasteiger partial charge >= 0.3 is 0 Å². The lowest BCUT2D eigenvalue weighted by atomic mass is 10.1. The van der Waals surface area contributed by atoms with E-state index in [0.29, 0.717) is 22.3 Å². The van der Waals surface area contributed by atoms with Crippen molar-refractivity contribution in [3.05, 3.63) is 63.6 Å². The Kier molecular flexibility index (Phi) is 5.70. The molecule has 2 aromatic carbocycles. The standard InChI is InChI=1S/C16H16BrF2NO/c1-2-20-9-11-3-6-15(18)12(7-11)10-21-13-4-5-14(17)16(19)8-13/h3-8,20H,2,9-10H2,1H3. The van der Waals surface area contributed by atoms with E-state index >= 15 is 0 Å². The Hall–Kier alpha value is -1.46. The van der Waals surface area contributed by atoms with Crippen LogP contribution in [-0.2, 0) is 13.2 Å². The van der Waals surface area contributed by atoms with E-state index < -0.39 is 5.82 Å². The van der Waals surface area contributed by atoms with Crippen molar-refractivity contribution in [3.63, 3.8) is 0 Å². The third kappa shape index (κ3) is 4.51. The second-order valence-electron chi connectivity index (χ2n) is 4.57. The van der Waals surface area contributed by atoms with Gasteiger partial charge in [0.25, 0.3) is 0 Å². The first-order valence-electron chi connectivity index (χ1n) is 6.66. The maximum absolute atomic E-state index is 13.8. The zero-order chi connectivity index (χ0) is 15.2. The maximum atomic E-state index is 13.8. The number of rotatable bonds is 6. The van der Waals surface area contributed by atoms with E-state index in [1.807, 2.05) is 6.92 Å². The van der Waals surface area contributed by atoms with E-state index in [1.54, 1.807) is 24.3 Å². The van der Waals surface area contributed by atoms with Crippen molar-refractivity contribution in [1.29, 1.82) is 0 Å². The molecule has 0 unspecified atom stereocenters. The lowest BCUT2D eigenvalue weighted by Gasteiger charge is -2.10. The summed E-state index contributed by atoms with van der Waals surface area (Å²) in [6, 6.07) is 9.38. The number of halogens is 3. The van der Waals surface area contributed by atoms with Crippen molar-refractivity contribution >= 4 is 15.9 Å². The first kappa shape index (κ1) is 15.9. The van der Waals surface area contributed by atoms with Crippen LogP contribution >= 0.6 is 15.9 Å². The van der Waals surface area contributed by atoms with Gasteiger partial charge in [0, 0.05) is 18.2 Å². The predicted molar refractivity (Wildman–Crippen MR) is 82.2 cm³/mol.